The lowest BCUT2D eigenvalue weighted by molar-refractivity contribution is -0.135. The van der Waals surface area contributed by atoms with Gasteiger partial charge in [-0.1, -0.05) is 30.3 Å². The predicted octanol–water partition coefficient (Wildman–Crippen LogP) is 1.85. The molecule has 1 atom stereocenters. The number of nitrogens with zero attached hydrogens (tertiary/aromatic N) is 2. The minimum atomic E-state index is -3.36. The number of carbonyl (C=O) groups is 1. The van der Waals surface area contributed by atoms with E-state index in [0.717, 1.165) is 44.3 Å². The molecule has 2 fully saturated rings. The van der Waals surface area contributed by atoms with Gasteiger partial charge in [-0.3, -0.25) is 4.79 Å². The van der Waals surface area contributed by atoms with Gasteiger partial charge in [0.2, 0.25) is 15.9 Å². The van der Waals surface area contributed by atoms with Crippen LogP contribution in [0, 0.1) is 5.92 Å². The first-order valence-corrected chi connectivity index (χ1v) is 9.98. The lowest BCUT2D eigenvalue weighted by Gasteiger charge is -2.33. The maximum Gasteiger partial charge on any atom is 0.227 e. The topological polar surface area (TPSA) is 57.7 Å². The van der Waals surface area contributed by atoms with Crippen molar-refractivity contribution in [3.05, 3.63) is 35.9 Å². The van der Waals surface area contributed by atoms with Gasteiger partial charge in [0, 0.05) is 26.2 Å². The molecule has 2 heterocycles. The zero-order chi connectivity index (χ0) is 16.3. The summed E-state index contributed by atoms with van der Waals surface area (Å²) < 4.78 is 26.8. The maximum absolute atomic E-state index is 12.6. The van der Waals surface area contributed by atoms with Gasteiger partial charge in [0.1, 0.15) is 0 Å². The van der Waals surface area contributed by atoms with Crippen LogP contribution >= 0.6 is 0 Å². The highest BCUT2D eigenvalue weighted by atomic mass is 32.2. The van der Waals surface area contributed by atoms with E-state index in [1.165, 1.54) is 4.31 Å². The number of hydrogen-bond acceptors (Lipinski definition) is 3. The second-order valence-electron chi connectivity index (χ2n) is 6.47. The molecular formula is C17H24N2O3S. The van der Waals surface area contributed by atoms with E-state index in [1.807, 2.05) is 35.2 Å². The summed E-state index contributed by atoms with van der Waals surface area (Å²) >= 11 is 0. The Balaban J connectivity index is 1.66. The molecule has 6 heteroatoms. The molecule has 1 aromatic rings. The maximum atomic E-state index is 12.6. The van der Waals surface area contributed by atoms with E-state index in [0.29, 0.717) is 13.1 Å². The molecule has 2 aliphatic heterocycles. The molecule has 0 radical (unpaired) electrons. The highest BCUT2D eigenvalue weighted by Crippen LogP contribution is 2.24. The average molecular weight is 336 g/mol. The van der Waals surface area contributed by atoms with Gasteiger partial charge >= 0.3 is 0 Å². The monoisotopic (exact) mass is 336 g/mol. The van der Waals surface area contributed by atoms with Crippen LogP contribution in [0.3, 0.4) is 0 Å². The summed E-state index contributed by atoms with van der Waals surface area (Å²) in [5.41, 5.74) is 0.792. The molecule has 2 aliphatic rings. The molecule has 2 saturated heterocycles. The molecule has 0 N–H and O–H groups in total. The van der Waals surface area contributed by atoms with Crippen molar-refractivity contribution >= 4 is 15.9 Å². The average Bonchev–Trinajstić information content (AvgIpc) is 3.09. The third-order valence-corrected chi connectivity index (χ3v) is 6.55. The Morgan fingerprint density at radius 2 is 1.74 bits per heavy atom. The third kappa shape index (κ3) is 3.93. The number of sulfonamides is 1. The van der Waals surface area contributed by atoms with Crippen LogP contribution in [0.5, 0.6) is 0 Å². The largest absolute Gasteiger partial charge is 0.342 e. The summed E-state index contributed by atoms with van der Waals surface area (Å²) in [5, 5.41) is 0. The first-order chi connectivity index (χ1) is 11.1. The van der Waals surface area contributed by atoms with E-state index in [1.54, 1.807) is 0 Å². The molecular weight excluding hydrogens is 312 g/mol. The molecule has 0 aliphatic carbocycles. The van der Waals surface area contributed by atoms with Crippen LogP contribution in [-0.2, 0) is 20.6 Å². The molecule has 1 aromatic carbocycles. The predicted molar refractivity (Wildman–Crippen MR) is 89.2 cm³/mol. The minimum absolute atomic E-state index is 0.0124. The molecule has 5 nitrogen and oxygen atoms in total. The quantitative estimate of drug-likeness (QED) is 0.843. The number of likely N-dealkylation sites (tertiary alicyclic amines) is 1. The Morgan fingerprint density at radius 1 is 1.04 bits per heavy atom. The van der Waals surface area contributed by atoms with Crippen molar-refractivity contribution in [2.24, 2.45) is 5.92 Å². The molecule has 0 bridgehead atoms. The molecule has 1 unspecified atom stereocenters. The van der Waals surface area contributed by atoms with Gasteiger partial charge in [-0.15, -0.1) is 0 Å². The Hall–Kier alpha value is -1.40. The van der Waals surface area contributed by atoms with E-state index in [4.69, 9.17) is 0 Å². The molecule has 3 rings (SSSR count). The zero-order valence-electron chi connectivity index (χ0n) is 13.4. The summed E-state index contributed by atoms with van der Waals surface area (Å²) in [4.78, 5) is 14.4. The molecule has 23 heavy (non-hydrogen) atoms. The van der Waals surface area contributed by atoms with E-state index in [-0.39, 0.29) is 17.6 Å². The first kappa shape index (κ1) is 16.5. The molecule has 0 saturated carbocycles. The Bertz CT molecular complexity index is 639. The zero-order valence-corrected chi connectivity index (χ0v) is 14.2. The fourth-order valence-corrected chi connectivity index (χ4v) is 5.08. The number of piperidine rings is 1. The standard InChI is InChI=1S/C17H24N2O3S/c20-17(18-10-4-5-11-18)16-9-6-12-19(13-16)23(21,22)14-15-7-2-1-3-8-15/h1-3,7-8,16H,4-6,9-14H2. The SMILES string of the molecule is O=C(C1CCCN(S(=O)(=O)Cc2ccccc2)C1)N1CCCC1. The second kappa shape index (κ2) is 7.01. The van der Waals surface area contributed by atoms with E-state index in [2.05, 4.69) is 0 Å². The highest BCUT2D eigenvalue weighted by Gasteiger charge is 2.34. The Morgan fingerprint density at radius 3 is 2.43 bits per heavy atom. The normalized spacial score (nSPS) is 23.1. The van der Waals surface area contributed by atoms with Crippen LogP contribution in [-0.4, -0.2) is 49.7 Å². The van der Waals surface area contributed by atoms with Gasteiger partial charge in [0.05, 0.1) is 11.7 Å². The van der Waals surface area contributed by atoms with Gasteiger partial charge in [-0.25, -0.2) is 12.7 Å². The van der Waals surface area contributed by atoms with Gasteiger partial charge in [0.15, 0.2) is 0 Å². The fourth-order valence-electron chi connectivity index (χ4n) is 3.47. The number of hydrogen-bond donors (Lipinski definition) is 0. The Labute approximate surface area is 138 Å². The van der Waals surface area contributed by atoms with Gasteiger partial charge < -0.3 is 4.90 Å². The van der Waals surface area contributed by atoms with Crippen molar-refractivity contribution in [3.8, 4) is 0 Å². The lowest BCUT2D eigenvalue weighted by Crippen LogP contribution is -2.46. The van der Waals surface area contributed by atoms with Crippen molar-refractivity contribution in [3.63, 3.8) is 0 Å². The number of benzene rings is 1. The van der Waals surface area contributed by atoms with Crippen molar-refractivity contribution in [1.82, 2.24) is 9.21 Å². The highest BCUT2D eigenvalue weighted by molar-refractivity contribution is 7.88. The van der Waals surface area contributed by atoms with Gasteiger partial charge in [-0.05, 0) is 31.2 Å². The first-order valence-electron chi connectivity index (χ1n) is 8.37. The Kier molecular flexibility index (Phi) is 5.02. The van der Waals surface area contributed by atoms with Gasteiger partial charge in [0.25, 0.3) is 0 Å². The van der Waals surface area contributed by atoms with Crippen LogP contribution in [0.4, 0.5) is 0 Å². The van der Waals surface area contributed by atoms with Crippen LogP contribution in [0.1, 0.15) is 31.2 Å². The van der Waals surface area contributed by atoms with Crippen molar-refractivity contribution in [1.29, 1.82) is 0 Å². The van der Waals surface area contributed by atoms with Gasteiger partial charge in [-0.2, -0.15) is 0 Å². The van der Waals surface area contributed by atoms with Crippen LogP contribution in [0.2, 0.25) is 0 Å². The minimum Gasteiger partial charge on any atom is -0.342 e. The number of carbonyl (C=O) groups excluding carboxylic acids is 1. The van der Waals surface area contributed by atoms with E-state index in [9.17, 15) is 13.2 Å². The van der Waals surface area contributed by atoms with Crippen LogP contribution in [0.15, 0.2) is 30.3 Å². The fraction of sp³-hybridized carbons (Fsp3) is 0.588. The summed E-state index contributed by atoms with van der Waals surface area (Å²) in [6.07, 6.45) is 3.69. The summed E-state index contributed by atoms with van der Waals surface area (Å²) in [6, 6.07) is 9.23. The summed E-state index contributed by atoms with van der Waals surface area (Å²) in [5.74, 6) is -0.0205. The summed E-state index contributed by atoms with van der Waals surface area (Å²) in [6.45, 7) is 2.52. The molecule has 126 valence electrons. The van der Waals surface area contributed by atoms with E-state index < -0.39 is 10.0 Å². The molecule has 0 aromatic heterocycles. The van der Waals surface area contributed by atoms with Crippen molar-refractivity contribution in [2.75, 3.05) is 26.2 Å². The van der Waals surface area contributed by atoms with Crippen molar-refractivity contribution in [2.45, 2.75) is 31.4 Å². The van der Waals surface area contributed by atoms with E-state index >= 15 is 0 Å². The molecule has 0 spiro atoms. The summed E-state index contributed by atoms with van der Waals surface area (Å²) in [7, 11) is -3.36. The van der Waals surface area contributed by atoms with Crippen LogP contribution in [0.25, 0.3) is 0 Å². The second-order valence-corrected chi connectivity index (χ2v) is 8.44. The lowest BCUT2D eigenvalue weighted by atomic mass is 9.98. The number of amides is 1. The third-order valence-electron chi connectivity index (χ3n) is 4.74. The van der Waals surface area contributed by atoms with Crippen molar-refractivity contribution < 1.29 is 13.2 Å². The number of rotatable bonds is 4. The molecule has 1 amide bonds. The van der Waals surface area contributed by atoms with Crippen LogP contribution < -0.4 is 0 Å². The smallest absolute Gasteiger partial charge is 0.227 e.